The minimum Gasteiger partial charge on any atom is -0.481 e. The maximum Gasteiger partial charge on any atom is 0.308 e. The summed E-state index contributed by atoms with van der Waals surface area (Å²) in [6.45, 7) is 0. The van der Waals surface area contributed by atoms with E-state index >= 15 is 0 Å². The molecular formula is C4H4Br2O2. The summed E-state index contributed by atoms with van der Waals surface area (Å²) in [6.07, 6.45) is 0. The first-order valence-corrected chi connectivity index (χ1v) is 3.98. The molecule has 0 aromatic rings. The highest BCUT2D eigenvalue weighted by Gasteiger charge is 2.52. The van der Waals surface area contributed by atoms with E-state index in [1.807, 2.05) is 0 Å². The molecule has 0 radical (unpaired) electrons. The van der Waals surface area contributed by atoms with Crippen LogP contribution in [0.5, 0.6) is 0 Å². The molecule has 0 amide bonds. The third-order valence-electron chi connectivity index (χ3n) is 1.13. The van der Waals surface area contributed by atoms with Gasteiger partial charge in [-0.05, 0) is 0 Å². The van der Waals surface area contributed by atoms with Crippen LogP contribution >= 0.6 is 31.9 Å². The first kappa shape index (κ1) is 6.55. The van der Waals surface area contributed by atoms with E-state index in [0.717, 1.165) is 0 Å². The molecular weight excluding hydrogens is 240 g/mol. The van der Waals surface area contributed by atoms with Crippen molar-refractivity contribution in [2.75, 3.05) is 0 Å². The van der Waals surface area contributed by atoms with Gasteiger partial charge in [0.15, 0.2) is 0 Å². The average molecular weight is 244 g/mol. The number of carboxylic acids is 1. The summed E-state index contributed by atoms with van der Waals surface area (Å²) in [5, 5.41) is 8.33. The number of alkyl halides is 2. The van der Waals surface area contributed by atoms with Crippen LogP contribution in [0.3, 0.4) is 0 Å². The minimum absolute atomic E-state index is 0.139. The van der Waals surface area contributed by atoms with Crippen molar-refractivity contribution in [2.45, 2.75) is 9.65 Å². The Labute approximate surface area is 63.5 Å². The zero-order valence-corrected chi connectivity index (χ0v) is 7.02. The molecule has 1 saturated carbocycles. The van der Waals surface area contributed by atoms with Crippen LogP contribution in [0.4, 0.5) is 0 Å². The molecule has 0 bridgehead atoms. The van der Waals surface area contributed by atoms with Crippen LogP contribution in [0.2, 0.25) is 0 Å². The number of carboxylic acid groups (broad SMARTS) is 1. The van der Waals surface area contributed by atoms with E-state index in [4.69, 9.17) is 5.11 Å². The molecule has 0 spiro atoms. The van der Waals surface area contributed by atoms with Crippen molar-refractivity contribution in [2.24, 2.45) is 5.92 Å². The van der Waals surface area contributed by atoms with E-state index in [1.54, 1.807) is 0 Å². The van der Waals surface area contributed by atoms with Crippen molar-refractivity contribution in [3.8, 4) is 0 Å². The van der Waals surface area contributed by atoms with Gasteiger partial charge in [-0.2, -0.15) is 0 Å². The fraction of sp³-hybridized carbons (Fsp3) is 0.750. The van der Waals surface area contributed by atoms with Gasteiger partial charge in [0.1, 0.15) is 0 Å². The minimum atomic E-state index is -0.728. The number of rotatable bonds is 1. The topological polar surface area (TPSA) is 37.3 Å². The number of halogens is 2. The van der Waals surface area contributed by atoms with Crippen LogP contribution < -0.4 is 0 Å². The smallest absolute Gasteiger partial charge is 0.308 e. The predicted octanol–water partition coefficient (Wildman–Crippen LogP) is 1.23. The summed E-state index contributed by atoms with van der Waals surface area (Å²) < 4.78 is 0. The summed E-state index contributed by atoms with van der Waals surface area (Å²) >= 11 is 6.37. The van der Waals surface area contributed by atoms with Crippen molar-refractivity contribution in [3.05, 3.63) is 0 Å². The van der Waals surface area contributed by atoms with Gasteiger partial charge in [-0.15, -0.1) is 0 Å². The Bertz CT molecular complexity index is 117. The van der Waals surface area contributed by atoms with Crippen LogP contribution in [0, 0.1) is 5.92 Å². The van der Waals surface area contributed by atoms with E-state index in [1.165, 1.54) is 0 Å². The molecule has 46 valence electrons. The van der Waals surface area contributed by atoms with E-state index in [0.29, 0.717) is 0 Å². The lowest BCUT2D eigenvalue weighted by molar-refractivity contribution is -0.138. The first-order chi connectivity index (χ1) is 3.64. The fourth-order valence-corrected chi connectivity index (χ4v) is 2.34. The third-order valence-corrected chi connectivity index (χ3v) is 4.12. The van der Waals surface area contributed by atoms with Crippen LogP contribution in [0.1, 0.15) is 0 Å². The molecule has 0 saturated heterocycles. The normalized spacial score (nSPS) is 44.0. The van der Waals surface area contributed by atoms with Gasteiger partial charge in [0.05, 0.1) is 5.92 Å². The summed E-state index contributed by atoms with van der Waals surface area (Å²) in [6, 6.07) is 0. The van der Waals surface area contributed by atoms with E-state index in [-0.39, 0.29) is 15.6 Å². The van der Waals surface area contributed by atoms with E-state index < -0.39 is 5.97 Å². The number of carbonyl (C=O) groups is 1. The van der Waals surface area contributed by atoms with Crippen molar-refractivity contribution in [1.82, 2.24) is 0 Å². The second kappa shape index (κ2) is 1.99. The van der Waals surface area contributed by atoms with Crippen molar-refractivity contribution >= 4 is 37.8 Å². The van der Waals surface area contributed by atoms with Gasteiger partial charge < -0.3 is 5.11 Å². The molecule has 0 aliphatic heterocycles. The maximum atomic E-state index is 10.1. The highest BCUT2D eigenvalue weighted by atomic mass is 79.9. The van der Waals surface area contributed by atoms with Crippen LogP contribution in [0.15, 0.2) is 0 Å². The van der Waals surface area contributed by atoms with Gasteiger partial charge in [-0.3, -0.25) is 4.79 Å². The number of aliphatic carboxylic acids is 1. The van der Waals surface area contributed by atoms with Gasteiger partial charge in [0, 0.05) is 9.65 Å². The average Bonchev–Trinajstić information content (AvgIpc) is 2.15. The number of hydrogen-bond donors (Lipinski definition) is 1. The molecule has 0 heterocycles. The Morgan fingerprint density at radius 2 is 1.75 bits per heavy atom. The summed E-state index contributed by atoms with van der Waals surface area (Å²) in [5.41, 5.74) is 0. The molecule has 4 heteroatoms. The summed E-state index contributed by atoms with van der Waals surface area (Å²) in [4.78, 5) is 10.4. The number of hydrogen-bond acceptors (Lipinski definition) is 1. The van der Waals surface area contributed by atoms with E-state index in [2.05, 4.69) is 31.9 Å². The zero-order valence-electron chi connectivity index (χ0n) is 3.84. The highest BCUT2D eigenvalue weighted by Crippen LogP contribution is 2.44. The van der Waals surface area contributed by atoms with Gasteiger partial charge >= 0.3 is 5.97 Å². The maximum absolute atomic E-state index is 10.1. The highest BCUT2D eigenvalue weighted by molar-refractivity contribution is 9.13. The lowest BCUT2D eigenvalue weighted by atomic mass is 10.5. The van der Waals surface area contributed by atoms with Crippen molar-refractivity contribution in [1.29, 1.82) is 0 Å². The molecule has 1 aliphatic carbocycles. The molecule has 2 nitrogen and oxygen atoms in total. The zero-order chi connectivity index (χ0) is 6.31. The lowest BCUT2D eigenvalue weighted by Gasteiger charge is -1.79. The second-order valence-corrected chi connectivity index (χ2v) is 3.87. The largest absolute Gasteiger partial charge is 0.481 e. The molecule has 0 aromatic heterocycles. The Morgan fingerprint density at radius 3 is 1.75 bits per heavy atom. The fourth-order valence-electron chi connectivity index (χ4n) is 0.512. The van der Waals surface area contributed by atoms with Gasteiger partial charge in [0.2, 0.25) is 0 Å². The van der Waals surface area contributed by atoms with Crippen molar-refractivity contribution < 1.29 is 9.90 Å². The predicted molar refractivity (Wildman–Crippen MR) is 36.6 cm³/mol. The molecule has 0 aromatic carbocycles. The van der Waals surface area contributed by atoms with Crippen LogP contribution in [0.25, 0.3) is 0 Å². The summed E-state index contributed by atoms with van der Waals surface area (Å²) in [5.74, 6) is -0.941. The van der Waals surface area contributed by atoms with Gasteiger partial charge in [0.25, 0.3) is 0 Å². The molecule has 1 aliphatic rings. The quantitative estimate of drug-likeness (QED) is 0.704. The standard InChI is InChI=1S/C4H4Br2O2/c5-2-1(3(2)6)4(7)8/h1-3H,(H,7,8). The molecule has 8 heavy (non-hydrogen) atoms. The molecule has 1 N–H and O–H groups in total. The monoisotopic (exact) mass is 242 g/mol. The van der Waals surface area contributed by atoms with Crippen LogP contribution in [-0.4, -0.2) is 20.7 Å². The van der Waals surface area contributed by atoms with Gasteiger partial charge in [-0.25, -0.2) is 0 Å². The molecule has 1 fully saturated rings. The van der Waals surface area contributed by atoms with E-state index in [9.17, 15) is 4.79 Å². The molecule has 1 rings (SSSR count). The summed E-state index contributed by atoms with van der Waals surface area (Å²) in [7, 11) is 0. The lowest BCUT2D eigenvalue weighted by Crippen LogP contribution is -1.99. The molecule has 2 unspecified atom stereocenters. The Balaban J connectivity index is 2.44. The third kappa shape index (κ3) is 0.910. The van der Waals surface area contributed by atoms with Crippen molar-refractivity contribution in [3.63, 3.8) is 0 Å². The second-order valence-electron chi connectivity index (χ2n) is 1.75. The Kier molecular flexibility index (Phi) is 1.63. The SMILES string of the molecule is O=C(O)C1C(Br)C1Br. The first-order valence-electron chi connectivity index (χ1n) is 2.15. The van der Waals surface area contributed by atoms with Gasteiger partial charge in [-0.1, -0.05) is 31.9 Å². The molecule has 2 atom stereocenters. The Morgan fingerprint density at radius 1 is 1.38 bits per heavy atom. The van der Waals surface area contributed by atoms with Crippen LogP contribution in [-0.2, 0) is 4.79 Å². The Hall–Kier alpha value is 0.430.